The number of hydrogen-bond acceptors (Lipinski definition) is 6. The van der Waals surface area contributed by atoms with Crippen molar-refractivity contribution >= 4 is 11.6 Å². The van der Waals surface area contributed by atoms with Crippen LogP contribution in [-0.4, -0.2) is 48.0 Å². The van der Waals surface area contributed by atoms with E-state index in [4.69, 9.17) is 5.84 Å². The van der Waals surface area contributed by atoms with Gasteiger partial charge in [0.1, 0.15) is 5.82 Å². The number of likely N-dealkylation sites (N-methyl/N-ethyl adjacent to an activating group) is 1. The minimum absolute atomic E-state index is 0.153. The largest absolute Gasteiger partial charge is 0.349 e. The number of anilines is 1. The zero-order valence-corrected chi connectivity index (χ0v) is 11.9. The van der Waals surface area contributed by atoms with Crippen LogP contribution in [0.25, 0.3) is 0 Å². The topological polar surface area (TPSA) is 96.2 Å². The number of aromatic nitrogens is 2. The van der Waals surface area contributed by atoms with E-state index in [9.17, 15) is 4.79 Å². The van der Waals surface area contributed by atoms with Crippen molar-refractivity contribution in [3.8, 4) is 0 Å². The van der Waals surface area contributed by atoms with Gasteiger partial charge in [0.25, 0.3) is 5.91 Å². The summed E-state index contributed by atoms with van der Waals surface area (Å²) in [7, 11) is 3.89. The number of nitrogens with zero attached hydrogens (tertiary/aromatic N) is 3. The second kappa shape index (κ2) is 7.01. The molecule has 1 aromatic rings. The molecule has 19 heavy (non-hydrogen) atoms. The third kappa shape index (κ3) is 4.46. The van der Waals surface area contributed by atoms with Crippen LogP contribution in [0.1, 0.15) is 36.1 Å². The molecule has 0 saturated heterocycles. The van der Waals surface area contributed by atoms with E-state index in [0.717, 1.165) is 6.54 Å². The summed E-state index contributed by atoms with van der Waals surface area (Å²) >= 11 is 0. The van der Waals surface area contributed by atoms with E-state index in [1.165, 1.54) is 6.20 Å². The molecule has 7 heteroatoms. The number of nitrogens with one attached hydrogen (secondary N) is 2. The lowest BCUT2D eigenvalue weighted by molar-refractivity contribution is 0.0946. The molecule has 0 unspecified atom stereocenters. The molecule has 0 fully saturated rings. The average molecular weight is 266 g/mol. The van der Waals surface area contributed by atoms with Crippen LogP contribution in [0.15, 0.2) is 6.20 Å². The summed E-state index contributed by atoms with van der Waals surface area (Å²) in [4.78, 5) is 22.5. The van der Waals surface area contributed by atoms with Crippen LogP contribution in [0, 0.1) is 0 Å². The van der Waals surface area contributed by atoms with Crippen LogP contribution >= 0.6 is 0 Å². The van der Waals surface area contributed by atoms with E-state index < -0.39 is 0 Å². The van der Waals surface area contributed by atoms with E-state index in [2.05, 4.69) is 20.7 Å². The molecule has 0 aromatic carbocycles. The highest BCUT2D eigenvalue weighted by Gasteiger charge is 2.15. The van der Waals surface area contributed by atoms with Crippen molar-refractivity contribution in [1.82, 2.24) is 20.2 Å². The molecule has 0 aliphatic carbocycles. The van der Waals surface area contributed by atoms with Crippen LogP contribution in [0.3, 0.4) is 0 Å². The lowest BCUT2D eigenvalue weighted by Gasteiger charge is -2.13. The number of nitrogens with two attached hydrogens (primary N) is 1. The molecule has 7 nitrogen and oxygen atoms in total. The normalized spacial score (nSPS) is 10.9. The predicted molar refractivity (Wildman–Crippen MR) is 74.8 cm³/mol. The second-order valence-corrected chi connectivity index (χ2v) is 4.85. The summed E-state index contributed by atoms with van der Waals surface area (Å²) < 4.78 is 0. The Bertz CT molecular complexity index is 432. The zero-order valence-electron chi connectivity index (χ0n) is 11.9. The highest BCUT2D eigenvalue weighted by atomic mass is 16.1. The van der Waals surface area contributed by atoms with Gasteiger partial charge in [-0.1, -0.05) is 13.8 Å². The third-order valence-corrected chi connectivity index (χ3v) is 2.54. The Hall–Kier alpha value is -1.73. The Labute approximate surface area is 113 Å². The number of carbonyl (C=O) groups is 1. The van der Waals surface area contributed by atoms with E-state index in [1.54, 1.807) is 0 Å². The highest BCUT2D eigenvalue weighted by molar-refractivity contribution is 5.97. The smallest absolute Gasteiger partial charge is 0.272 e. The van der Waals surface area contributed by atoms with Gasteiger partial charge in [-0.05, 0) is 14.1 Å². The van der Waals surface area contributed by atoms with Crippen LogP contribution in [0.4, 0.5) is 5.69 Å². The summed E-state index contributed by atoms with van der Waals surface area (Å²) in [6, 6.07) is 0. The van der Waals surface area contributed by atoms with Gasteiger partial charge in [-0.3, -0.25) is 10.6 Å². The standard InChI is InChI=1S/C12H22N6O/c1-8(2)11-15-7-9(17-13)10(16-11)12(19)14-5-6-18(3)4/h7-8,17H,5-6,13H2,1-4H3,(H,14,19). The fourth-order valence-electron chi connectivity index (χ4n) is 1.43. The first-order valence-electron chi connectivity index (χ1n) is 6.22. The van der Waals surface area contributed by atoms with Gasteiger partial charge < -0.3 is 15.6 Å². The van der Waals surface area contributed by atoms with Crippen LogP contribution < -0.4 is 16.6 Å². The second-order valence-electron chi connectivity index (χ2n) is 4.85. The van der Waals surface area contributed by atoms with Crippen molar-refractivity contribution < 1.29 is 4.79 Å². The molecule has 1 heterocycles. The van der Waals surface area contributed by atoms with Gasteiger partial charge >= 0.3 is 0 Å². The molecule has 4 N–H and O–H groups in total. The monoisotopic (exact) mass is 266 g/mol. The molecule has 1 rings (SSSR count). The molecule has 0 bridgehead atoms. The summed E-state index contributed by atoms with van der Waals surface area (Å²) in [6.45, 7) is 5.26. The zero-order chi connectivity index (χ0) is 14.4. The average Bonchev–Trinajstić information content (AvgIpc) is 2.37. The van der Waals surface area contributed by atoms with Crippen molar-refractivity contribution in [2.75, 3.05) is 32.6 Å². The Morgan fingerprint density at radius 2 is 2.16 bits per heavy atom. The quantitative estimate of drug-likeness (QED) is 0.502. The lowest BCUT2D eigenvalue weighted by Crippen LogP contribution is -2.33. The van der Waals surface area contributed by atoms with Gasteiger partial charge in [-0.25, -0.2) is 9.97 Å². The molecule has 1 aromatic heterocycles. The number of hydrazine groups is 1. The van der Waals surface area contributed by atoms with E-state index in [1.807, 2.05) is 32.8 Å². The summed E-state index contributed by atoms with van der Waals surface area (Å²) in [5.74, 6) is 5.90. The summed E-state index contributed by atoms with van der Waals surface area (Å²) in [5.41, 5.74) is 3.15. The highest BCUT2D eigenvalue weighted by Crippen LogP contribution is 2.15. The molecular weight excluding hydrogens is 244 g/mol. The molecule has 0 spiro atoms. The summed E-state index contributed by atoms with van der Waals surface area (Å²) in [6.07, 6.45) is 1.53. The minimum Gasteiger partial charge on any atom is -0.349 e. The van der Waals surface area contributed by atoms with Crippen LogP contribution in [0.2, 0.25) is 0 Å². The first kappa shape index (κ1) is 15.3. The van der Waals surface area contributed by atoms with Crippen molar-refractivity contribution in [2.45, 2.75) is 19.8 Å². The lowest BCUT2D eigenvalue weighted by atomic mass is 10.2. The Kier molecular flexibility index (Phi) is 5.65. The van der Waals surface area contributed by atoms with E-state index in [-0.39, 0.29) is 17.5 Å². The number of rotatable bonds is 6. The van der Waals surface area contributed by atoms with Gasteiger partial charge in [-0.15, -0.1) is 0 Å². The SMILES string of the molecule is CC(C)c1ncc(NN)c(C(=O)NCCN(C)C)n1. The molecule has 0 aliphatic heterocycles. The molecule has 1 amide bonds. The summed E-state index contributed by atoms with van der Waals surface area (Å²) in [5, 5.41) is 2.80. The molecule has 0 radical (unpaired) electrons. The number of hydrogen-bond donors (Lipinski definition) is 3. The fourth-order valence-corrected chi connectivity index (χ4v) is 1.43. The predicted octanol–water partition coefficient (Wildman–Crippen LogP) is 0.177. The number of carbonyl (C=O) groups excluding carboxylic acids is 1. The van der Waals surface area contributed by atoms with Gasteiger partial charge in [-0.2, -0.15) is 0 Å². The maximum Gasteiger partial charge on any atom is 0.272 e. The van der Waals surface area contributed by atoms with Crippen LogP contribution in [-0.2, 0) is 0 Å². The third-order valence-electron chi connectivity index (χ3n) is 2.54. The Morgan fingerprint density at radius 3 is 2.68 bits per heavy atom. The Morgan fingerprint density at radius 1 is 1.47 bits per heavy atom. The first-order valence-corrected chi connectivity index (χ1v) is 6.22. The van der Waals surface area contributed by atoms with Gasteiger partial charge in [0.15, 0.2) is 5.69 Å². The molecule has 0 saturated carbocycles. The van der Waals surface area contributed by atoms with Crippen molar-refractivity contribution in [1.29, 1.82) is 0 Å². The van der Waals surface area contributed by atoms with Gasteiger partial charge in [0, 0.05) is 19.0 Å². The molecule has 0 aliphatic rings. The molecular formula is C12H22N6O. The molecule has 106 valence electrons. The number of amides is 1. The van der Waals surface area contributed by atoms with E-state index >= 15 is 0 Å². The fraction of sp³-hybridized carbons (Fsp3) is 0.583. The van der Waals surface area contributed by atoms with Crippen LogP contribution in [0.5, 0.6) is 0 Å². The van der Waals surface area contributed by atoms with Crippen molar-refractivity contribution in [3.05, 3.63) is 17.7 Å². The maximum atomic E-state index is 12.1. The van der Waals surface area contributed by atoms with E-state index in [0.29, 0.717) is 18.1 Å². The van der Waals surface area contributed by atoms with Gasteiger partial charge in [0.05, 0.1) is 11.9 Å². The maximum absolute atomic E-state index is 12.1. The minimum atomic E-state index is -0.251. The van der Waals surface area contributed by atoms with Crippen molar-refractivity contribution in [3.63, 3.8) is 0 Å². The number of nitrogen functional groups attached to an aromatic ring is 1. The van der Waals surface area contributed by atoms with Crippen molar-refractivity contribution in [2.24, 2.45) is 5.84 Å². The Balaban J connectivity index is 2.84. The first-order chi connectivity index (χ1) is 8.95. The van der Waals surface area contributed by atoms with Gasteiger partial charge in [0.2, 0.25) is 0 Å². The molecule has 0 atom stereocenters.